The van der Waals surface area contributed by atoms with E-state index in [0.29, 0.717) is 18.4 Å². The van der Waals surface area contributed by atoms with Gasteiger partial charge in [0.25, 0.3) is 5.91 Å². The van der Waals surface area contributed by atoms with Gasteiger partial charge >= 0.3 is 18.3 Å². The van der Waals surface area contributed by atoms with E-state index in [9.17, 15) is 35.9 Å². The van der Waals surface area contributed by atoms with Crippen LogP contribution < -0.4 is 16.2 Å². The van der Waals surface area contributed by atoms with Gasteiger partial charge in [-0.3, -0.25) is 20.4 Å². The van der Waals surface area contributed by atoms with Crippen LogP contribution in [0.3, 0.4) is 0 Å². The van der Waals surface area contributed by atoms with Gasteiger partial charge in [0.05, 0.1) is 16.7 Å². The molecule has 1 saturated carbocycles. The monoisotopic (exact) mass is 477 g/mol. The summed E-state index contributed by atoms with van der Waals surface area (Å²) in [5, 5.41) is 3.05. The lowest BCUT2D eigenvalue weighted by Gasteiger charge is -2.43. The molecule has 2 aromatic rings. The molecular formula is C20H21F6N5O2. The number of nitrogens with one attached hydrogen (secondary N) is 3. The van der Waals surface area contributed by atoms with Gasteiger partial charge in [0, 0.05) is 12.4 Å². The average molecular weight is 477 g/mol. The molecule has 1 fully saturated rings. The third kappa shape index (κ3) is 6.33. The van der Waals surface area contributed by atoms with Crippen molar-refractivity contribution in [2.75, 3.05) is 5.32 Å². The first-order chi connectivity index (χ1) is 15.4. The lowest BCUT2D eigenvalue weighted by Crippen LogP contribution is -2.47. The van der Waals surface area contributed by atoms with Gasteiger partial charge in [-0.05, 0) is 37.0 Å². The van der Waals surface area contributed by atoms with E-state index in [2.05, 4.69) is 15.3 Å². The molecule has 1 aliphatic rings. The summed E-state index contributed by atoms with van der Waals surface area (Å²) in [6, 6.07) is 4.72. The molecule has 0 atom stereocenters. The minimum absolute atomic E-state index is 0.0791. The molecule has 13 heteroatoms. The molecule has 0 saturated heterocycles. The first kappa shape index (κ1) is 25.9. The maximum absolute atomic E-state index is 12.8. The highest BCUT2D eigenvalue weighted by Crippen LogP contribution is 2.44. The highest BCUT2D eigenvalue weighted by molar-refractivity contribution is 5.95. The Bertz CT molecular complexity index is 955. The molecule has 7 nitrogen and oxygen atoms in total. The molecule has 0 radical (unpaired) electrons. The summed E-state index contributed by atoms with van der Waals surface area (Å²) in [5.74, 6) is -3.33. The number of carbonyl (C=O) groups excluding carboxylic acids is 2. The zero-order valence-corrected chi connectivity index (χ0v) is 17.6. The van der Waals surface area contributed by atoms with Crippen molar-refractivity contribution >= 4 is 17.8 Å². The van der Waals surface area contributed by atoms with Crippen LogP contribution >= 0.6 is 0 Å². The summed E-state index contributed by atoms with van der Waals surface area (Å²) in [7, 11) is 0. The fourth-order valence-electron chi connectivity index (χ4n) is 2.97. The number of aromatic nitrogens is 2. The number of halogens is 6. The van der Waals surface area contributed by atoms with Crippen LogP contribution in [0.2, 0.25) is 0 Å². The highest BCUT2D eigenvalue weighted by atomic mass is 19.4. The van der Waals surface area contributed by atoms with E-state index in [-0.39, 0.29) is 11.5 Å². The molecule has 2 amide bonds. The molecule has 1 heterocycles. The molecule has 0 spiro atoms. The van der Waals surface area contributed by atoms with Crippen LogP contribution in [0, 0.1) is 0 Å². The number of hydrogen-bond acceptors (Lipinski definition) is 5. The molecule has 0 bridgehead atoms. The Hall–Kier alpha value is -3.38. The Morgan fingerprint density at radius 1 is 0.909 bits per heavy atom. The molecule has 1 aromatic carbocycles. The van der Waals surface area contributed by atoms with Crippen LogP contribution in [0.25, 0.3) is 0 Å². The standard InChI is InChI=1S/C18H15F6N5O2.C2H6/c19-17(20,21)12-4-2-11(3-5-12)16(6-1-7-16)27-15-25-8-10(9-26-15)13(30)28-29-14(31)18(22,23)24;1-2/h2-5,8-9H,1,6-7H2,(H,28,30)(H,29,31)(H,25,26,27);1-2H3. The van der Waals surface area contributed by atoms with Gasteiger partial charge in [0.15, 0.2) is 0 Å². The summed E-state index contributed by atoms with van der Waals surface area (Å²) in [5.41, 5.74) is 1.76. The highest BCUT2D eigenvalue weighted by Gasteiger charge is 2.40. The molecule has 3 N–H and O–H groups in total. The van der Waals surface area contributed by atoms with Crippen molar-refractivity contribution in [3.8, 4) is 0 Å². The van der Waals surface area contributed by atoms with Crippen LogP contribution in [-0.2, 0) is 16.5 Å². The van der Waals surface area contributed by atoms with Gasteiger partial charge in [-0.1, -0.05) is 26.0 Å². The van der Waals surface area contributed by atoms with E-state index in [1.165, 1.54) is 17.6 Å². The van der Waals surface area contributed by atoms with E-state index in [4.69, 9.17) is 0 Å². The molecule has 0 unspecified atom stereocenters. The fraction of sp³-hybridized carbons (Fsp3) is 0.400. The zero-order chi connectivity index (χ0) is 24.9. The van der Waals surface area contributed by atoms with Crippen molar-refractivity contribution in [2.24, 2.45) is 0 Å². The van der Waals surface area contributed by atoms with Crippen molar-refractivity contribution < 1.29 is 35.9 Å². The summed E-state index contributed by atoms with van der Waals surface area (Å²) in [6.45, 7) is 4.00. The second kappa shape index (κ2) is 10.0. The van der Waals surface area contributed by atoms with Crippen molar-refractivity contribution in [3.63, 3.8) is 0 Å². The molecular weight excluding hydrogens is 456 g/mol. The summed E-state index contributed by atoms with van der Waals surface area (Å²) < 4.78 is 74.7. The third-order valence-electron chi connectivity index (χ3n) is 4.78. The van der Waals surface area contributed by atoms with E-state index >= 15 is 0 Å². The quantitative estimate of drug-likeness (QED) is 0.450. The Kier molecular flexibility index (Phi) is 7.88. The molecule has 180 valence electrons. The fourth-order valence-corrected chi connectivity index (χ4v) is 2.97. The third-order valence-corrected chi connectivity index (χ3v) is 4.78. The summed E-state index contributed by atoms with van der Waals surface area (Å²) >= 11 is 0. The van der Waals surface area contributed by atoms with Gasteiger partial charge in [-0.25, -0.2) is 9.97 Å². The van der Waals surface area contributed by atoms with Gasteiger partial charge in [-0.2, -0.15) is 26.3 Å². The molecule has 1 aliphatic carbocycles. The van der Waals surface area contributed by atoms with Crippen molar-refractivity contribution in [1.29, 1.82) is 0 Å². The van der Waals surface area contributed by atoms with E-state index in [0.717, 1.165) is 30.9 Å². The molecule has 3 rings (SSSR count). The molecule has 33 heavy (non-hydrogen) atoms. The molecule has 0 aliphatic heterocycles. The summed E-state index contributed by atoms with van der Waals surface area (Å²) in [6.07, 6.45) is -5.48. The second-order valence-electron chi connectivity index (χ2n) is 6.84. The van der Waals surface area contributed by atoms with Crippen LogP contribution in [0.1, 0.15) is 54.6 Å². The Labute approximate surface area is 185 Å². The number of anilines is 1. The lowest BCUT2D eigenvalue weighted by atomic mass is 9.71. The van der Waals surface area contributed by atoms with Crippen LogP contribution in [0.15, 0.2) is 36.7 Å². The topological polar surface area (TPSA) is 96.0 Å². The first-order valence-corrected chi connectivity index (χ1v) is 9.86. The van der Waals surface area contributed by atoms with Gasteiger partial charge < -0.3 is 5.32 Å². The van der Waals surface area contributed by atoms with Crippen molar-refractivity contribution in [3.05, 3.63) is 53.3 Å². The number of alkyl halides is 6. The predicted molar refractivity (Wildman–Crippen MR) is 106 cm³/mol. The second-order valence-corrected chi connectivity index (χ2v) is 6.84. The van der Waals surface area contributed by atoms with E-state index in [1.807, 2.05) is 13.8 Å². The maximum Gasteiger partial charge on any atom is 0.472 e. The largest absolute Gasteiger partial charge is 0.472 e. The number of amides is 2. The zero-order valence-electron chi connectivity index (χ0n) is 17.6. The van der Waals surface area contributed by atoms with Gasteiger partial charge in [0.1, 0.15) is 0 Å². The lowest BCUT2D eigenvalue weighted by molar-refractivity contribution is -0.174. The van der Waals surface area contributed by atoms with Gasteiger partial charge in [-0.15, -0.1) is 0 Å². The number of carbonyl (C=O) groups is 2. The van der Waals surface area contributed by atoms with E-state index < -0.39 is 35.3 Å². The van der Waals surface area contributed by atoms with Crippen molar-refractivity contribution in [2.45, 2.75) is 51.0 Å². The normalized spacial score (nSPS) is 14.8. The Morgan fingerprint density at radius 3 is 1.88 bits per heavy atom. The van der Waals surface area contributed by atoms with E-state index in [1.54, 1.807) is 5.43 Å². The molecule has 1 aromatic heterocycles. The number of nitrogens with zero attached hydrogens (tertiary/aromatic N) is 2. The Morgan fingerprint density at radius 2 is 1.45 bits per heavy atom. The number of hydrazine groups is 1. The minimum Gasteiger partial charge on any atom is -0.345 e. The summed E-state index contributed by atoms with van der Waals surface area (Å²) in [4.78, 5) is 30.3. The first-order valence-electron chi connectivity index (χ1n) is 9.86. The van der Waals surface area contributed by atoms with Gasteiger partial charge in [0.2, 0.25) is 5.95 Å². The van der Waals surface area contributed by atoms with Crippen LogP contribution in [-0.4, -0.2) is 28.0 Å². The number of benzene rings is 1. The number of hydrogen-bond donors (Lipinski definition) is 3. The predicted octanol–water partition coefficient (Wildman–Crippen LogP) is 4.34. The number of rotatable bonds is 4. The Balaban J connectivity index is 0.00000187. The maximum atomic E-state index is 12.8. The smallest absolute Gasteiger partial charge is 0.345 e. The SMILES string of the molecule is CC.O=C(NNC(=O)C(F)(F)F)c1cnc(NC2(c3ccc(C(F)(F)F)cc3)CCC2)nc1. The van der Waals surface area contributed by atoms with Crippen LogP contribution in [0.5, 0.6) is 0 Å². The minimum atomic E-state index is -5.16. The van der Waals surface area contributed by atoms with Crippen molar-refractivity contribution in [1.82, 2.24) is 20.8 Å². The average Bonchev–Trinajstić information content (AvgIpc) is 2.75. The van der Waals surface area contributed by atoms with Crippen LogP contribution in [0.4, 0.5) is 32.3 Å².